The van der Waals surface area contributed by atoms with Crippen LogP contribution in [0.5, 0.6) is 5.75 Å². The zero-order valence-electron chi connectivity index (χ0n) is 10.2. The molecule has 0 aliphatic rings. The summed E-state index contributed by atoms with van der Waals surface area (Å²) in [6.45, 7) is 2.42. The number of nitrogens with one attached hydrogen (secondary N) is 2. The molecule has 1 unspecified atom stereocenters. The largest absolute Gasteiger partial charge is 0.479 e. The lowest BCUT2D eigenvalue weighted by Crippen LogP contribution is -2.33. The van der Waals surface area contributed by atoms with Crippen LogP contribution in [-0.2, 0) is 11.3 Å². The minimum absolute atomic E-state index is 0.180. The summed E-state index contributed by atoms with van der Waals surface area (Å²) in [5.41, 5.74) is 1.07. The molecule has 0 saturated carbocycles. The molecule has 0 bridgehead atoms. The van der Waals surface area contributed by atoms with Crippen molar-refractivity contribution in [3.8, 4) is 5.75 Å². The third-order valence-corrected chi connectivity index (χ3v) is 2.59. The number of benzene rings is 1. The van der Waals surface area contributed by atoms with Crippen LogP contribution in [0.25, 0.3) is 0 Å². The standard InChI is InChI=1S/C12H17ClN2O2/c1-8(12(16)15-3)17-11-5-4-9(7-14-2)6-10(11)13/h4-6,8,14H,7H2,1-3H3,(H,15,16). The quantitative estimate of drug-likeness (QED) is 0.841. The number of carbonyl (C=O) groups is 1. The molecule has 2 N–H and O–H groups in total. The lowest BCUT2D eigenvalue weighted by atomic mass is 10.2. The molecule has 0 heterocycles. The van der Waals surface area contributed by atoms with Crippen LogP contribution in [0.15, 0.2) is 18.2 Å². The van der Waals surface area contributed by atoms with Crippen molar-refractivity contribution in [3.05, 3.63) is 28.8 Å². The average Bonchev–Trinajstić information content (AvgIpc) is 2.31. The van der Waals surface area contributed by atoms with E-state index >= 15 is 0 Å². The van der Waals surface area contributed by atoms with Gasteiger partial charge < -0.3 is 15.4 Å². The monoisotopic (exact) mass is 256 g/mol. The number of amides is 1. The average molecular weight is 257 g/mol. The molecule has 1 amide bonds. The zero-order valence-corrected chi connectivity index (χ0v) is 11.0. The highest BCUT2D eigenvalue weighted by molar-refractivity contribution is 6.32. The van der Waals surface area contributed by atoms with Crippen LogP contribution in [0.1, 0.15) is 12.5 Å². The van der Waals surface area contributed by atoms with E-state index < -0.39 is 6.10 Å². The maximum absolute atomic E-state index is 11.3. The summed E-state index contributed by atoms with van der Waals surface area (Å²) in [6, 6.07) is 5.51. The highest BCUT2D eigenvalue weighted by Crippen LogP contribution is 2.26. The van der Waals surface area contributed by atoms with Crippen molar-refractivity contribution >= 4 is 17.5 Å². The SMILES string of the molecule is CNCc1ccc(OC(C)C(=O)NC)c(Cl)c1. The van der Waals surface area contributed by atoms with Gasteiger partial charge in [0.2, 0.25) is 0 Å². The first-order chi connectivity index (χ1) is 8.08. The molecule has 0 saturated heterocycles. The maximum atomic E-state index is 11.3. The summed E-state index contributed by atoms with van der Waals surface area (Å²) in [4.78, 5) is 11.3. The van der Waals surface area contributed by atoms with Crippen molar-refractivity contribution in [2.45, 2.75) is 19.6 Å². The van der Waals surface area contributed by atoms with Crippen LogP contribution in [-0.4, -0.2) is 26.1 Å². The zero-order chi connectivity index (χ0) is 12.8. The van der Waals surface area contributed by atoms with Gasteiger partial charge in [-0.25, -0.2) is 0 Å². The summed E-state index contributed by atoms with van der Waals surface area (Å²) >= 11 is 6.07. The second-order valence-corrected chi connectivity index (χ2v) is 4.08. The number of ether oxygens (including phenoxy) is 1. The van der Waals surface area contributed by atoms with E-state index in [-0.39, 0.29) is 5.91 Å². The second-order valence-electron chi connectivity index (χ2n) is 3.67. The van der Waals surface area contributed by atoms with Gasteiger partial charge in [0.25, 0.3) is 5.91 Å². The first-order valence-electron chi connectivity index (χ1n) is 5.39. The second kappa shape index (κ2) is 6.47. The van der Waals surface area contributed by atoms with Gasteiger partial charge >= 0.3 is 0 Å². The fourth-order valence-electron chi connectivity index (χ4n) is 1.40. The Kier molecular flexibility index (Phi) is 5.25. The molecule has 0 spiro atoms. The smallest absolute Gasteiger partial charge is 0.260 e. The summed E-state index contributed by atoms with van der Waals surface area (Å²) in [5, 5.41) is 6.06. The van der Waals surface area contributed by atoms with Crippen LogP contribution >= 0.6 is 11.6 Å². The van der Waals surface area contributed by atoms with Gasteiger partial charge in [-0.3, -0.25) is 4.79 Å². The van der Waals surface area contributed by atoms with Crippen molar-refractivity contribution in [3.63, 3.8) is 0 Å². The van der Waals surface area contributed by atoms with Crippen LogP contribution in [0, 0.1) is 0 Å². The van der Waals surface area contributed by atoms with Gasteiger partial charge in [-0.05, 0) is 31.7 Å². The number of carbonyl (C=O) groups excluding carboxylic acids is 1. The van der Waals surface area contributed by atoms with Crippen LogP contribution < -0.4 is 15.4 Å². The van der Waals surface area contributed by atoms with Crippen molar-refractivity contribution in [2.24, 2.45) is 0 Å². The molecule has 5 heteroatoms. The molecular formula is C12H17ClN2O2. The topological polar surface area (TPSA) is 50.4 Å². The molecule has 0 fully saturated rings. The van der Waals surface area contributed by atoms with Crippen molar-refractivity contribution < 1.29 is 9.53 Å². The van der Waals surface area contributed by atoms with Crippen molar-refractivity contribution in [2.75, 3.05) is 14.1 Å². The highest BCUT2D eigenvalue weighted by Gasteiger charge is 2.14. The molecule has 1 atom stereocenters. The number of hydrogen-bond acceptors (Lipinski definition) is 3. The Hall–Kier alpha value is -1.26. The first kappa shape index (κ1) is 13.8. The van der Waals surface area contributed by atoms with E-state index in [9.17, 15) is 4.79 Å². The predicted molar refractivity (Wildman–Crippen MR) is 68.4 cm³/mol. The number of halogens is 1. The van der Waals surface area contributed by atoms with E-state index in [0.717, 1.165) is 12.1 Å². The lowest BCUT2D eigenvalue weighted by Gasteiger charge is -2.14. The van der Waals surface area contributed by atoms with E-state index in [4.69, 9.17) is 16.3 Å². The van der Waals surface area contributed by atoms with Crippen LogP contribution in [0.4, 0.5) is 0 Å². The minimum Gasteiger partial charge on any atom is -0.479 e. The van der Waals surface area contributed by atoms with Gasteiger partial charge in [-0.1, -0.05) is 17.7 Å². The van der Waals surface area contributed by atoms with E-state index in [1.165, 1.54) is 0 Å². The van der Waals surface area contributed by atoms with Gasteiger partial charge in [0.1, 0.15) is 5.75 Å². The van der Waals surface area contributed by atoms with E-state index in [1.54, 1.807) is 20.0 Å². The molecule has 0 radical (unpaired) electrons. The van der Waals surface area contributed by atoms with Crippen LogP contribution in [0.3, 0.4) is 0 Å². The van der Waals surface area contributed by atoms with Gasteiger partial charge in [0.05, 0.1) is 5.02 Å². The third-order valence-electron chi connectivity index (χ3n) is 2.30. The lowest BCUT2D eigenvalue weighted by molar-refractivity contribution is -0.126. The summed E-state index contributed by atoms with van der Waals surface area (Å²) in [5.74, 6) is 0.336. The molecular weight excluding hydrogens is 240 g/mol. The van der Waals surface area contributed by atoms with E-state index in [0.29, 0.717) is 10.8 Å². The van der Waals surface area contributed by atoms with Crippen molar-refractivity contribution in [1.82, 2.24) is 10.6 Å². The Morgan fingerprint density at radius 2 is 2.18 bits per heavy atom. The van der Waals surface area contributed by atoms with Gasteiger partial charge in [0, 0.05) is 13.6 Å². The maximum Gasteiger partial charge on any atom is 0.260 e. The Morgan fingerprint density at radius 3 is 2.71 bits per heavy atom. The highest BCUT2D eigenvalue weighted by atomic mass is 35.5. The minimum atomic E-state index is -0.562. The Morgan fingerprint density at radius 1 is 1.47 bits per heavy atom. The van der Waals surface area contributed by atoms with Gasteiger partial charge in [0.15, 0.2) is 6.10 Å². The molecule has 1 rings (SSSR count). The number of rotatable bonds is 5. The van der Waals surface area contributed by atoms with E-state index in [2.05, 4.69) is 10.6 Å². The fraction of sp³-hybridized carbons (Fsp3) is 0.417. The Bertz CT molecular complexity index is 396. The number of likely N-dealkylation sites (N-methyl/N-ethyl adjacent to an activating group) is 1. The predicted octanol–water partition coefficient (Wildman–Crippen LogP) is 1.57. The third kappa shape index (κ3) is 3.91. The van der Waals surface area contributed by atoms with Gasteiger partial charge in [-0.15, -0.1) is 0 Å². The number of hydrogen-bond donors (Lipinski definition) is 2. The van der Waals surface area contributed by atoms with Crippen LogP contribution in [0.2, 0.25) is 5.02 Å². The van der Waals surface area contributed by atoms with Gasteiger partial charge in [-0.2, -0.15) is 0 Å². The molecule has 1 aromatic carbocycles. The Balaban J connectivity index is 2.75. The summed E-state index contributed by atoms with van der Waals surface area (Å²) in [7, 11) is 3.44. The molecule has 1 aromatic rings. The molecule has 0 aliphatic carbocycles. The summed E-state index contributed by atoms with van der Waals surface area (Å²) in [6.07, 6.45) is -0.562. The molecule has 4 nitrogen and oxygen atoms in total. The molecule has 0 aromatic heterocycles. The first-order valence-corrected chi connectivity index (χ1v) is 5.77. The molecule has 94 valence electrons. The molecule has 0 aliphatic heterocycles. The van der Waals surface area contributed by atoms with E-state index in [1.807, 2.05) is 19.2 Å². The Labute approximate surface area is 106 Å². The molecule has 17 heavy (non-hydrogen) atoms. The normalized spacial score (nSPS) is 12.0. The fourth-order valence-corrected chi connectivity index (χ4v) is 1.65. The summed E-state index contributed by atoms with van der Waals surface area (Å²) < 4.78 is 5.47. The van der Waals surface area contributed by atoms with Crippen molar-refractivity contribution in [1.29, 1.82) is 0 Å².